The van der Waals surface area contributed by atoms with Crippen molar-refractivity contribution < 1.29 is 4.74 Å². The average Bonchev–Trinajstić information content (AvgIpc) is 3.07. The number of piperidine rings is 1. The molecule has 0 aromatic carbocycles. The van der Waals surface area contributed by atoms with E-state index in [9.17, 15) is 0 Å². The molecule has 126 valence electrons. The highest BCUT2D eigenvalue weighted by molar-refractivity contribution is 7.80. The van der Waals surface area contributed by atoms with Crippen molar-refractivity contribution in [2.24, 2.45) is 0 Å². The summed E-state index contributed by atoms with van der Waals surface area (Å²) in [6.07, 6.45) is 6.25. The maximum atomic E-state index is 5.58. The number of anilines is 2. The standard InChI is InChI=1S/C16H25N5OS/c1-12-10-14(21-7-3-2-4-8-21)19-15(18-12)20-16(23)17-11-13-6-5-9-22-13/h10,13H,2-9,11H2,1H3,(H2,17,18,19,20,23)/t13-/m1/s1. The fourth-order valence-corrected chi connectivity index (χ4v) is 3.23. The van der Waals surface area contributed by atoms with Crippen molar-refractivity contribution in [3.8, 4) is 0 Å². The van der Waals surface area contributed by atoms with Gasteiger partial charge in [0.25, 0.3) is 0 Å². The van der Waals surface area contributed by atoms with Gasteiger partial charge in [-0.3, -0.25) is 0 Å². The number of rotatable bonds is 4. The van der Waals surface area contributed by atoms with Crippen LogP contribution in [0.3, 0.4) is 0 Å². The second-order valence-electron chi connectivity index (χ2n) is 6.21. The third-order valence-electron chi connectivity index (χ3n) is 4.26. The van der Waals surface area contributed by atoms with Gasteiger partial charge < -0.3 is 20.3 Å². The van der Waals surface area contributed by atoms with E-state index in [1.54, 1.807) is 0 Å². The molecule has 23 heavy (non-hydrogen) atoms. The lowest BCUT2D eigenvalue weighted by molar-refractivity contribution is 0.114. The molecule has 2 fully saturated rings. The van der Waals surface area contributed by atoms with Gasteiger partial charge in [-0.1, -0.05) is 0 Å². The summed E-state index contributed by atoms with van der Waals surface area (Å²) in [6, 6.07) is 2.04. The van der Waals surface area contributed by atoms with E-state index in [1.807, 2.05) is 13.0 Å². The van der Waals surface area contributed by atoms with Gasteiger partial charge in [-0.15, -0.1) is 0 Å². The largest absolute Gasteiger partial charge is 0.376 e. The molecule has 0 saturated carbocycles. The minimum absolute atomic E-state index is 0.261. The molecule has 2 aliphatic rings. The highest BCUT2D eigenvalue weighted by atomic mass is 32.1. The van der Waals surface area contributed by atoms with Crippen LogP contribution in [0.1, 0.15) is 37.8 Å². The Balaban J connectivity index is 1.57. The van der Waals surface area contributed by atoms with Gasteiger partial charge in [0.15, 0.2) is 5.11 Å². The maximum Gasteiger partial charge on any atom is 0.231 e. The van der Waals surface area contributed by atoms with Gasteiger partial charge in [-0.25, -0.2) is 4.98 Å². The third kappa shape index (κ3) is 4.75. The molecule has 3 rings (SSSR count). The Morgan fingerprint density at radius 2 is 2.13 bits per heavy atom. The molecule has 0 aliphatic carbocycles. The molecule has 2 saturated heterocycles. The first-order chi connectivity index (χ1) is 11.2. The van der Waals surface area contributed by atoms with E-state index in [2.05, 4.69) is 25.5 Å². The van der Waals surface area contributed by atoms with Crippen LogP contribution < -0.4 is 15.5 Å². The molecule has 0 amide bonds. The number of nitrogens with one attached hydrogen (secondary N) is 2. The molecular weight excluding hydrogens is 310 g/mol. The SMILES string of the molecule is Cc1cc(N2CCCCC2)nc(NC(=S)NC[C@H]2CCCO2)n1. The monoisotopic (exact) mass is 335 g/mol. The van der Waals surface area contributed by atoms with Crippen LogP contribution in [0, 0.1) is 6.92 Å². The van der Waals surface area contributed by atoms with Gasteiger partial charge in [0, 0.05) is 38.0 Å². The predicted molar refractivity (Wildman–Crippen MR) is 96.0 cm³/mol. The molecule has 0 radical (unpaired) electrons. The van der Waals surface area contributed by atoms with Gasteiger partial charge in [0.1, 0.15) is 5.82 Å². The molecule has 1 atom stereocenters. The molecular formula is C16H25N5OS. The summed E-state index contributed by atoms with van der Waals surface area (Å²) >= 11 is 5.34. The van der Waals surface area contributed by atoms with Crippen LogP contribution in [0.15, 0.2) is 6.07 Å². The minimum atomic E-state index is 0.261. The zero-order valence-corrected chi connectivity index (χ0v) is 14.5. The van der Waals surface area contributed by atoms with Crippen LogP contribution in [-0.2, 0) is 4.74 Å². The summed E-state index contributed by atoms with van der Waals surface area (Å²) in [5, 5.41) is 6.85. The number of hydrogen-bond donors (Lipinski definition) is 2. The quantitative estimate of drug-likeness (QED) is 0.818. The summed E-state index contributed by atoms with van der Waals surface area (Å²) in [5.74, 6) is 1.55. The van der Waals surface area contributed by atoms with Gasteiger partial charge in [0.05, 0.1) is 6.10 Å². The van der Waals surface area contributed by atoms with Crippen LogP contribution >= 0.6 is 12.2 Å². The number of aryl methyl sites for hydroxylation is 1. The number of hydrogen-bond acceptors (Lipinski definition) is 5. The Morgan fingerprint density at radius 1 is 1.30 bits per heavy atom. The zero-order chi connectivity index (χ0) is 16.1. The maximum absolute atomic E-state index is 5.58. The first-order valence-corrected chi connectivity index (χ1v) is 8.88. The van der Waals surface area contributed by atoms with Crippen molar-refractivity contribution >= 4 is 29.1 Å². The first-order valence-electron chi connectivity index (χ1n) is 8.48. The lowest BCUT2D eigenvalue weighted by Crippen LogP contribution is -2.35. The topological polar surface area (TPSA) is 62.3 Å². The Labute approximate surface area is 143 Å². The Morgan fingerprint density at radius 3 is 2.87 bits per heavy atom. The van der Waals surface area contributed by atoms with Crippen LogP contribution in [0.5, 0.6) is 0 Å². The Kier molecular flexibility index (Phi) is 5.61. The van der Waals surface area contributed by atoms with Crippen molar-refractivity contribution in [1.82, 2.24) is 15.3 Å². The Bertz CT molecular complexity index is 541. The van der Waals surface area contributed by atoms with E-state index in [1.165, 1.54) is 19.3 Å². The fourth-order valence-electron chi connectivity index (χ4n) is 3.05. The van der Waals surface area contributed by atoms with Crippen LogP contribution in [0.4, 0.5) is 11.8 Å². The normalized spacial score (nSPS) is 21.3. The molecule has 3 heterocycles. The van der Waals surface area contributed by atoms with Crippen molar-refractivity contribution in [3.05, 3.63) is 11.8 Å². The molecule has 6 nitrogen and oxygen atoms in total. The van der Waals surface area contributed by atoms with Crippen molar-refractivity contribution in [1.29, 1.82) is 0 Å². The van der Waals surface area contributed by atoms with Gasteiger partial charge in [-0.2, -0.15) is 4.98 Å². The molecule has 2 N–H and O–H groups in total. The van der Waals surface area contributed by atoms with Crippen LogP contribution in [0.2, 0.25) is 0 Å². The average molecular weight is 335 g/mol. The molecule has 1 aromatic heterocycles. The van der Waals surface area contributed by atoms with Crippen LogP contribution in [0.25, 0.3) is 0 Å². The van der Waals surface area contributed by atoms with E-state index in [4.69, 9.17) is 17.0 Å². The van der Waals surface area contributed by atoms with E-state index in [-0.39, 0.29) is 6.10 Å². The molecule has 1 aromatic rings. The second-order valence-corrected chi connectivity index (χ2v) is 6.62. The fraction of sp³-hybridized carbons (Fsp3) is 0.688. The first kappa shape index (κ1) is 16.4. The summed E-state index contributed by atoms with van der Waals surface area (Å²) in [6.45, 7) is 5.71. The highest BCUT2D eigenvalue weighted by Gasteiger charge is 2.16. The second kappa shape index (κ2) is 7.88. The molecule has 0 spiro atoms. The number of thiocarbonyl (C=S) groups is 1. The van der Waals surface area contributed by atoms with Gasteiger partial charge in [-0.05, 0) is 51.2 Å². The van der Waals surface area contributed by atoms with E-state index in [0.29, 0.717) is 11.1 Å². The van der Waals surface area contributed by atoms with E-state index in [0.717, 1.165) is 50.6 Å². The number of ether oxygens (including phenoxy) is 1. The van der Waals surface area contributed by atoms with Crippen molar-refractivity contribution in [2.75, 3.05) is 36.5 Å². The van der Waals surface area contributed by atoms with Crippen molar-refractivity contribution in [2.45, 2.75) is 45.1 Å². The lowest BCUT2D eigenvalue weighted by atomic mass is 10.1. The van der Waals surface area contributed by atoms with E-state index < -0.39 is 0 Å². The van der Waals surface area contributed by atoms with Gasteiger partial charge in [0.2, 0.25) is 5.95 Å². The summed E-state index contributed by atoms with van der Waals surface area (Å²) in [4.78, 5) is 11.4. The summed E-state index contributed by atoms with van der Waals surface area (Å²) < 4.78 is 5.58. The van der Waals surface area contributed by atoms with Crippen LogP contribution in [-0.4, -0.2) is 47.4 Å². The zero-order valence-electron chi connectivity index (χ0n) is 13.7. The molecule has 2 aliphatic heterocycles. The smallest absolute Gasteiger partial charge is 0.231 e. The van der Waals surface area contributed by atoms with Crippen molar-refractivity contribution in [3.63, 3.8) is 0 Å². The molecule has 7 heteroatoms. The molecule has 0 bridgehead atoms. The van der Waals surface area contributed by atoms with Gasteiger partial charge >= 0.3 is 0 Å². The number of aromatic nitrogens is 2. The Hall–Kier alpha value is -1.47. The minimum Gasteiger partial charge on any atom is -0.376 e. The third-order valence-corrected chi connectivity index (χ3v) is 4.51. The number of nitrogens with zero attached hydrogens (tertiary/aromatic N) is 3. The highest BCUT2D eigenvalue weighted by Crippen LogP contribution is 2.19. The predicted octanol–water partition coefficient (Wildman–Crippen LogP) is 2.24. The molecule has 0 unspecified atom stereocenters. The summed E-state index contributed by atoms with van der Waals surface area (Å²) in [5.41, 5.74) is 0.949. The lowest BCUT2D eigenvalue weighted by Gasteiger charge is -2.28. The summed E-state index contributed by atoms with van der Waals surface area (Å²) in [7, 11) is 0. The van der Waals surface area contributed by atoms with E-state index >= 15 is 0 Å².